The van der Waals surface area contributed by atoms with Gasteiger partial charge in [-0.3, -0.25) is 14.4 Å². The van der Waals surface area contributed by atoms with Crippen molar-refractivity contribution in [1.29, 1.82) is 0 Å². The molecule has 172 valence electrons. The summed E-state index contributed by atoms with van der Waals surface area (Å²) >= 11 is 0. The number of ether oxygens (including phenoxy) is 2. The predicted molar refractivity (Wildman–Crippen MR) is 110 cm³/mol. The zero-order chi connectivity index (χ0) is 23.6. The molecule has 3 amide bonds. The first-order valence-corrected chi connectivity index (χ1v) is 9.56. The third kappa shape index (κ3) is 9.55. The van der Waals surface area contributed by atoms with Crippen molar-refractivity contribution in [2.75, 3.05) is 13.2 Å². The molecule has 0 aliphatic carbocycles. The van der Waals surface area contributed by atoms with Crippen LogP contribution in [-0.4, -0.2) is 65.7 Å². The molecule has 11 nitrogen and oxygen atoms in total. The van der Waals surface area contributed by atoms with Gasteiger partial charge in [-0.25, -0.2) is 4.79 Å². The fraction of sp³-hybridized carbons (Fsp3) is 0.500. The molecule has 3 atom stereocenters. The van der Waals surface area contributed by atoms with Gasteiger partial charge in [0.05, 0.1) is 18.8 Å². The van der Waals surface area contributed by atoms with Crippen molar-refractivity contribution >= 4 is 23.7 Å². The number of nitrogens with two attached hydrogens (primary N) is 2. The van der Waals surface area contributed by atoms with Crippen LogP contribution >= 0.6 is 0 Å². The summed E-state index contributed by atoms with van der Waals surface area (Å²) in [6, 6.07) is 5.84. The number of carbonyl (C=O) groups is 4. The van der Waals surface area contributed by atoms with Gasteiger partial charge in [-0.15, -0.1) is 0 Å². The summed E-state index contributed by atoms with van der Waals surface area (Å²) in [5.41, 5.74) is 10.3. The van der Waals surface area contributed by atoms with Crippen molar-refractivity contribution in [3.63, 3.8) is 0 Å². The number of hydrogen-bond acceptors (Lipinski definition) is 8. The maximum Gasteiger partial charge on any atom is 0.331 e. The van der Waals surface area contributed by atoms with Gasteiger partial charge in [0.1, 0.15) is 12.6 Å². The quantitative estimate of drug-likeness (QED) is 0.254. The van der Waals surface area contributed by atoms with E-state index in [1.165, 1.54) is 0 Å². The second kappa shape index (κ2) is 12.0. The van der Waals surface area contributed by atoms with Crippen LogP contribution in [0.15, 0.2) is 30.3 Å². The van der Waals surface area contributed by atoms with E-state index >= 15 is 0 Å². The molecule has 0 saturated carbocycles. The Balaban J connectivity index is 2.96. The molecular weight excluding hydrogens is 408 g/mol. The zero-order valence-corrected chi connectivity index (χ0v) is 17.8. The Morgan fingerprint density at radius 1 is 1.10 bits per heavy atom. The molecule has 1 rings (SSSR count). The molecule has 0 bridgehead atoms. The minimum Gasteiger partial charge on any atom is -0.459 e. The highest BCUT2D eigenvalue weighted by molar-refractivity contribution is 5.96. The fourth-order valence-electron chi connectivity index (χ4n) is 2.28. The van der Waals surface area contributed by atoms with Gasteiger partial charge < -0.3 is 36.7 Å². The van der Waals surface area contributed by atoms with E-state index in [0.29, 0.717) is 0 Å². The molecule has 0 saturated heterocycles. The molecule has 31 heavy (non-hydrogen) atoms. The molecular formula is C20H30N4O7. The third-order valence-corrected chi connectivity index (χ3v) is 3.90. The van der Waals surface area contributed by atoms with Crippen molar-refractivity contribution in [3.8, 4) is 0 Å². The van der Waals surface area contributed by atoms with Crippen molar-refractivity contribution in [3.05, 3.63) is 35.9 Å². The largest absolute Gasteiger partial charge is 0.459 e. The van der Waals surface area contributed by atoms with Crippen LogP contribution in [0.2, 0.25) is 0 Å². The number of hydrogen-bond donors (Lipinski definition) is 5. The number of aliphatic hydroxyl groups is 1. The molecule has 11 heteroatoms. The summed E-state index contributed by atoms with van der Waals surface area (Å²) in [4.78, 5) is 48.2. The Bertz CT molecular complexity index is 765. The van der Waals surface area contributed by atoms with Crippen molar-refractivity contribution < 1.29 is 33.8 Å². The summed E-state index contributed by atoms with van der Waals surface area (Å²) in [6.45, 7) is 4.46. The number of rotatable bonds is 11. The Morgan fingerprint density at radius 2 is 1.71 bits per heavy atom. The Labute approximate surface area is 180 Å². The first-order valence-electron chi connectivity index (χ1n) is 9.56. The maximum atomic E-state index is 12.7. The minimum absolute atomic E-state index is 0.0428. The molecule has 0 aliphatic heterocycles. The highest BCUT2D eigenvalue weighted by Gasteiger charge is 2.35. The normalized spacial score (nSPS) is 14.1. The molecule has 1 aromatic carbocycles. The van der Waals surface area contributed by atoms with E-state index in [-0.39, 0.29) is 13.2 Å². The summed E-state index contributed by atoms with van der Waals surface area (Å²) in [5, 5.41) is 14.4. The maximum absolute atomic E-state index is 12.7. The fourth-order valence-corrected chi connectivity index (χ4v) is 2.28. The predicted octanol–water partition coefficient (Wildman–Crippen LogP) is -1.68. The lowest BCUT2D eigenvalue weighted by atomic mass is 10.1. The van der Waals surface area contributed by atoms with E-state index in [1.54, 1.807) is 45.0 Å². The highest BCUT2D eigenvalue weighted by Crippen LogP contribution is 2.09. The van der Waals surface area contributed by atoms with Crippen LogP contribution in [0.25, 0.3) is 0 Å². The van der Waals surface area contributed by atoms with Gasteiger partial charge in [-0.05, 0) is 26.3 Å². The SMILES string of the molecule is CC(C)(C)OC[C@H](NC(=O)[C@@H](NC(=O)CN)[C@H](O)C(N)=O)C(=O)OCc1ccccc1. The minimum atomic E-state index is -2.04. The van der Waals surface area contributed by atoms with Crippen molar-refractivity contribution in [1.82, 2.24) is 10.6 Å². The molecule has 0 radical (unpaired) electrons. The van der Waals surface area contributed by atoms with Gasteiger partial charge in [0.2, 0.25) is 17.7 Å². The second-order valence-electron chi connectivity index (χ2n) is 7.67. The van der Waals surface area contributed by atoms with E-state index in [1.807, 2.05) is 6.07 Å². The monoisotopic (exact) mass is 438 g/mol. The topological polar surface area (TPSA) is 183 Å². The van der Waals surface area contributed by atoms with Crippen LogP contribution in [0.1, 0.15) is 26.3 Å². The summed E-state index contributed by atoms with van der Waals surface area (Å²) in [5.74, 6) is -3.90. The zero-order valence-electron chi connectivity index (χ0n) is 17.8. The average molecular weight is 438 g/mol. The van der Waals surface area contributed by atoms with Crippen molar-refractivity contribution in [2.24, 2.45) is 11.5 Å². The van der Waals surface area contributed by atoms with Crippen LogP contribution < -0.4 is 22.1 Å². The van der Waals surface area contributed by atoms with E-state index in [9.17, 15) is 24.3 Å². The third-order valence-electron chi connectivity index (χ3n) is 3.90. The van der Waals surface area contributed by atoms with E-state index in [2.05, 4.69) is 10.6 Å². The number of primary amides is 1. The van der Waals surface area contributed by atoms with Gasteiger partial charge in [-0.1, -0.05) is 30.3 Å². The smallest absolute Gasteiger partial charge is 0.331 e. The molecule has 0 heterocycles. The van der Waals surface area contributed by atoms with Crippen LogP contribution in [-0.2, 0) is 35.3 Å². The molecule has 0 aromatic heterocycles. The van der Waals surface area contributed by atoms with Crippen LogP contribution in [0, 0.1) is 0 Å². The molecule has 0 fully saturated rings. The molecule has 1 aromatic rings. The van der Waals surface area contributed by atoms with Gasteiger partial charge in [0, 0.05) is 0 Å². The van der Waals surface area contributed by atoms with Gasteiger partial charge in [0.25, 0.3) is 0 Å². The van der Waals surface area contributed by atoms with Gasteiger partial charge in [-0.2, -0.15) is 0 Å². The highest BCUT2D eigenvalue weighted by atomic mass is 16.5. The number of nitrogens with one attached hydrogen (secondary N) is 2. The lowest BCUT2D eigenvalue weighted by molar-refractivity contribution is -0.153. The first-order chi connectivity index (χ1) is 14.4. The van der Waals surface area contributed by atoms with Crippen molar-refractivity contribution in [2.45, 2.75) is 51.2 Å². The molecule has 7 N–H and O–H groups in total. The summed E-state index contributed by atoms with van der Waals surface area (Å²) < 4.78 is 10.8. The number of amides is 3. The van der Waals surface area contributed by atoms with E-state index in [0.717, 1.165) is 5.56 Å². The van der Waals surface area contributed by atoms with Gasteiger partial charge >= 0.3 is 5.97 Å². The first kappa shape index (κ1) is 26.0. The second-order valence-corrected chi connectivity index (χ2v) is 7.67. The Morgan fingerprint density at radius 3 is 2.23 bits per heavy atom. The number of carbonyl (C=O) groups excluding carboxylic acids is 4. The molecule has 0 spiro atoms. The Kier molecular flexibility index (Phi) is 10.1. The number of aliphatic hydroxyl groups excluding tert-OH is 1. The summed E-state index contributed by atoms with van der Waals surface area (Å²) in [7, 11) is 0. The standard InChI is InChI=1S/C20H30N4O7/c1-20(2,3)31-11-13(19(29)30-10-12-7-5-4-6-8-12)23-18(28)15(16(26)17(22)27)24-14(25)9-21/h4-8,13,15-16,26H,9-11,21H2,1-3H3,(H2,22,27)(H,23,28)(H,24,25)/t13-,15-,16-/m0/s1. The van der Waals surface area contributed by atoms with Gasteiger partial charge in [0.15, 0.2) is 12.1 Å². The summed E-state index contributed by atoms with van der Waals surface area (Å²) in [6.07, 6.45) is -2.04. The van der Waals surface area contributed by atoms with Crippen LogP contribution in [0.4, 0.5) is 0 Å². The Hall–Kier alpha value is -3.02. The van der Waals surface area contributed by atoms with Crippen LogP contribution in [0.3, 0.4) is 0 Å². The number of esters is 1. The van der Waals surface area contributed by atoms with E-state index < -0.39 is 54.0 Å². The van der Waals surface area contributed by atoms with Crippen LogP contribution in [0.5, 0.6) is 0 Å². The van der Waals surface area contributed by atoms with E-state index in [4.69, 9.17) is 20.9 Å². The molecule has 0 aliphatic rings. The average Bonchev–Trinajstić information content (AvgIpc) is 2.72. The number of benzene rings is 1. The molecule has 0 unspecified atom stereocenters. The lowest BCUT2D eigenvalue weighted by Crippen LogP contribution is -2.60. The lowest BCUT2D eigenvalue weighted by Gasteiger charge is -2.27.